The second-order valence-corrected chi connectivity index (χ2v) is 7.86. The van der Waals surface area contributed by atoms with Gasteiger partial charge in [0, 0.05) is 17.7 Å². The van der Waals surface area contributed by atoms with Crippen LogP contribution in [0.3, 0.4) is 0 Å². The van der Waals surface area contributed by atoms with Crippen LogP contribution in [0.5, 0.6) is 5.75 Å². The van der Waals surface area contributed by atoms with E-state index in [1.54, 1.807) is 18.9 Å². The minimum Gasteiger partial charge on any atom is -0.497 e. The maximum Gasteiger partial charge on any atom is 0.190 e. The number of benzene rings is 2. The average Bonchev–Trinajstić information content (AvgIpc) is 2.74. The first-order valence-corrected chi connectivity index (χ1v) is 11.1. The fourth-order valence-corrected chi connectivity index (χ4v) is 3.91. The Bertz CT molecular complexity index is 913. The Balaban J connectivity index is 1.98. The monoisotopic (exact) mass is 395 g/mol. The molecule has 0 saturated carbocycles. The molecule has 4 nitrogen and oxygen atoms in total. The number of thioether (sulfide) groups is 1. The van der Waals surface area contributed by atoms with E-state index in [2.05, 4.69) is 49.5 Å². The number of rotatable bonds is 10. The van der Waals surface area contributed by atoms with E-state index in [0.717, 1.165) is 63.9 Å². The highest BCUT2D eigenvalue weighted by Crippen LogP contribution is 2.31. The Kier molecular flexibility index (Phi) is 7.54. The molecule has 28 heavy (non-hydrogen) atoms. The molecule has 2 aromatic carbocycles. The van der Waals surface area contributed by atoms with E-state index in [-0.39, 0.29) is 0 Å². The van der Waals surface area contributed by atoms with E-state index < -0.39 is 0 Å². The van der Waals surface area contributed by atoms with Crippen molar-refractivity contribution in [3.63, 3.8) is 0 Å². The topological polar surface area (TPSA) is 47.0 Å². The van der Waals surface area contributed by atoms with Crippen molar-refractivity contribution in [2.24, 2.45) is 0 Å². The predicted octanol–water partition coefficient (Wildman–Crippen LogP) is 6.41. The molecule has 0 amide bonds. The number of hydrogen-bond acceptors (Lipinski definition) is 5. The van der Waals surface area contributed by atoms with Crippen molar-refractivity contribution in [2.45, 2.75) is 44.7 Å². The molecule has 1 heterocycles. The summed E-state index contributed by atoms with van der Waals surface area (Å²) in [7, 11) is 1.70. The maximum atomic E-state index is 5.38. The number of ether oxygens (including phenoxy) is 1. The number of aromatic nitrogens is 2. The highest BCUT2D eigenvalue weighted by molar-refractivity contribution is 7.99. The molecule has 1 N–H and O–H groups in total. The summed E-state index contributed by atoms with van der Waals surface area (Å²) in [6.07, 6.45) is 4.65. The van der Waals surface area contributed by atoms with E-state index in [9.17, 15) is 0 Å². The van der Waals surface area contributed by atoms with Gasteiger partial charge >= 0.3 is 0 Å². The minimum atomic E-state index is 0.856. The van der Waals surface area contributed by atoms with Gasteiger partial charge in [-0.2, -0.15) is 0 Å². The van der Waals surface area contributed by atoms with Crippen molar-refractivity contribution < 1.29 is 4.74 Å². The Hall–Kier alpha value is -2.27. The number of fused-ring (bicyclic) bond motifs is 1. The molecule has 1 aromatic heterocycles. The third kappa shape index (κ3) is 5.16. The lowest BCUT2D eigenvalue weighted by molar-refractivity contribution is 0.415. The summed E-state index contributed by atoms with van der Waals surface area (Å²) in [4.78, 5) is 9.62. The summed E-state index contributed by atoms with van der Waals surface area (Å²) in [6.45, 7) is 5.33. The van der Waals surface area contributed by atoms with Gasteiger partial charge in [0.1, 0.15) is 11.6 Å². The van der Waals surface area contributed by atoms with Crippen molar-refractivity contribution in [1.29, 1.82) is 0 Å². The standard InChI is InChI=1S/C23H29N3OS/c1-4-6-13-24-22-20-16-18(17-9-8-10-19(15-17)27-3)11-12-21(20)25-23(26-22)28-14-7-5-2/h8-12,15-16H,4-7,13-14H2,1-3H3,(H,24,25,26). The normalized spacial score (nSPS) is 11.0. The van der Waals surface area contributed by atoms with Crippen LogP contribution in [0.15, 0.2) is 47.6 Å². The number of nitrogens with zero attached hydrogens (tertiary/aromatic N) is 2. The Labute approximate surface area is 172 Å². The van der Waals surface area contributed by atoms with Gasteiger partial charge in [0.15, 0.2) is 5.16 Å². The van der Waals surface area contributed by atoms with E-state index in [1.807, 2.05) is 12.1 Å². The second-order valence-electron chi connectivity index (χ2n) is 6.80. The molecule has 0 bridgehead atoms. The first-order chi connectivity index (χ1) is 13.7. The first kappa shape index (κ1) is 20.5. The molecular weight excluding hydrogens is 366 g/mol. The lowest BCUT2D eigenvalue weighted by atomic mass is 10.0. The molecule has 0 aliphatic rings. The van der Waals surface area contributed by atoms with Crippen molar-refractivity contribution >= 4 is 28.5 Å². The zero-order valence-electron chi connectivity index (χ0n) is 17.0. The van der Waals surface area contributed by atoms with E-state index in [4.69, 9.17) is 14.7 Å². The van der Waals surface area contributed by atoms with E-state index in [1.165, 1.54) is 12.8 Å². The number of methoxy groups -OCH3 is 1. The molecule has 0 aliphatic carbocycles. The Morgan fingerprint density at radius 2 is 1.79 bits per heavy atom. The number of anilines is 1. The molecule has 3 aromatic rings. The first-order valence-electron chi connectivity index (χ1n) is 10.1. The summed E-state index contributed by atoms with van der Waals surface area (Å²) in [5.41, 5.74) is 3.25. The number of hydrogen-bond donors (Lipinski definition) is 1. The zero-order valence-corrected chi connectivity index (χ0v) is 17.8. The number of unbranched alkanes of at least 4 members (excludes halogenated alkanes) is 2. The molecule has 0 fully saturated rings. The van der Waals surface area contributed by atoms with Crippen LogP contribution in [-0.4, -0.2) is 29.4 Å². The van der Waals surface area contributed by atoms with Crippen LogP contribution in [0.1, 0.15) is 39.5 Å². The molecule has 0 radical (unpaired) electrons. The van der Waals surface area contributed by atoms with Gasteiger partial charge in [-0.05, 0) is 48.2 Å². The molecular formula is C23H29N3OS. The smallest absolute Gasteiger partial charge is 0.190 e. The highest BCUT2D eigenvalue weighted by atomic mass is 32.2. The number of nitrogens with one attached hydrogen (secondary N) is 1. The van der Waals surface area contributed by atoms with E-state index >= 15 is 0 Å². The quantitative estimate of drug-likeness (QED) is 0.244. The van der Waals surface area contributed by atoms with Crippen LogP contribution in [0.25, 0.3) is 22.0 Å². The molecule has 0 unspecified atom stereocenters. The van der Waals surface area contributed by atoms with Gasteiger partial charge in [0.05, 0.1) is 12.6 Å². The summed E-state index contributed by atoms with van der Waals surface area (Å²) in [5.74, 6) is 2.85. The lowest BCUT2D eigenvalue weighted by Gasteiger charge is -2.12. The van der Waals surface area contributed by atoms with Crippen molar-refractivity contribution in [3.8, 4) is 16.9 Å². The molecule has 148 valence electrons. The largest absolute Gasteiger partial charge is 0.497 e. The molecule has 0 atom stereocenters. The van der Waals surface area contributed by atoms with Gasteiger partial charge in [-0.15, -0.1) is 0 Å². The SMILES string of the molecule is CCCCNc1nc(SCCCC)nc2ccc(-c3cccc(OC)c3)cc12. The van der Waals surface area contributed by atoms with Crippen LogP contribution in [0.2, 0.25) is 0 Å². The third-order valence-electron chi connectivity index (χ3n) is 4.63. The molecule has 0 saturated heterocycles. The third-order valence-corrected chi connectivity index (χ3v) is 5.56. The van der Waals surface area contributed by atoms with Crippen LogP contribution in [0.4, 0.5) is 5.82 Å². The van der Waals surface area contributed by atoms with Crippen LogP contribution < -0.4 is 10.1 Å². The Morgan fingerprint density at radius 3 is 2.57 bits per heavy atom. The fourth-order valence-electron chi connectivity index (χ4n) is 2.98. The van der Waals surface area contributed by atoms with Crippen molar-refractivity contribution in [3.05, 3.63) is 42.5 Å². The van der Waals surface area contributed by atoms with Gasteiger partial charge in [-0.25, -0.2) is 9.97 Å². The van der Waals surface area contributed by atoms with Gasteiger partial charge in [-0.1, -0.05) is 56.7 Å². The zero-order chi connectivity index (χ0) is 19.8. The maximum absolute atomic E-state index is 5.38. The van der Waals surface area contributed by atoms with E-state index in [0.29, 0.717) is 0 Å². The molecule has 0 spiro atoms. The summed E-state index contributed by atoms with van der Waals surface area (Å²) >= 11 is 1.74. The highest BCUT2D eigenvalue weighted by Gasteiger charge is 2.10. The second kappa shape index (κ2) is 10.3. The summed E-state index contributed by atoms with van der Waals surface area (Å²) in [5, 5.41) is 5.45. The fraction of sp³-hybridized carbons (Fsp3) is 0.391. The summed E-state index contributed by atoms with van der Waals surface area (Å²) < 4.78 is 5.38. The van der Waals surface area contributed by atoms with Crippen LogP contribution in [-0.2, 0) is 0 Å². The molecule has 5 heteroatoms. The Morgan fingerprint density at radius 1 is 0.964 bits per heavy atom. The van der Waals surface area contributed by atoms with Gasteiger partial charge < -0.3 is 10.1 Å². The minimum absolute atomic E-state index is 0.856. The lowest BCUT2D eigenvalue weighted by Crippen LogP contribution is -2.05. The summed E-state index contributed by atoms with van der Waals surface area (Å²) in [6, 6.07) is 14.5. The predicted molar refractivity (Wildman–Crippen MR) is 121 cm³/mol. The van der Waals surface area contributed by atoms with Gasteiger partial charge in [0.2, 0.25) is 0 Å². The van der Waals surface area contributed by atoms with Crippen molar-refractivity contribution in [2.75, 3.05) is 24.7 Å². The average molecular weight is 396 g/mol. The van der Waals surface area contributed by atoms with Gasteiger partial charge in [-0.3, -0.25) is 0 Å². The molecule has 0 aliphatic heterocycles. The van der Waals surface area contributed by atoms with Crippen LogP contribution in [0, 0.1) is 0 Å². The van der Waals surface area contributed by atoms with Gasteiger partial charge in [0.25, 0.3) is 0 Å². The van der Waals surface area contributed by atoms with Crippen LogP contribution >= 0.6 is 11.8 Å². The molecule has 3 rings (SSSR count). The van der Waals surface area contributed by atoms with Crippen molar-refractivity contribution in [1.82, 2.24) is 9.97 Å².